The molecule has 9 heteroatoms. The van der Waals surface area contributed by atoms with Crippen LogP contribution in [0.5, 0.6) is 0 Å². The van der Waals surface area contributed by atoms with E-state index >= 15 is 0 Å². The molecule has 0 aliphatic rings. The normalized spacial score (nSPS) is 11.9. The minimum absolute atomic E-state index is 0.00471. The molecular weight excluding hydrogens is 668 g/mol. The first-order valence-electron chi connectivity index (χ1n) is 19.9. The van der Waals surface area contributed by atoms with Gasteiger partial charge in [0.15, 0.2) is 0 Å². The largest absolute Gasteiger partial charge is 0.461 e. The molecule has 2 aromatic rings. The molecule has 53 heavy (non-hydrogen) atoms. The summed E-state index contributed by atoms with van der Waals surface area (Å²) in [5.41, 5.74) is 1.60. The fraction of sp³-hybridized carbons (Fsp3) is 0.591. The summed E-state index contributed by atoms with van der Waals surface area (Å²) in [6, 6.07) is 16.1. The Labute approximate surface area is 318 Å². The van der Waals surface area contributed by atoms with Crippen molar-refractivity contribution in [1.82, 2.24) is 10.6 Å². The number of benzene rings is 2. The third kappa shape index (κ3) is 23.2. The van der Waals surface area contributed by atoms with E-state index in [4.69, 9.17) is 20.6 Å². The van der Waals surface area contributed by atoms with Crippen LogP contribution in [0, 0.1) is 12.3 Å². The van der Waals surface area contributed by atoms with Crippen LogP contribution in [0.3, 0.4) is 0 Å². The lowest BCUT2D eigenvalue weighted by molar-refractivity contribution is -0.151. The number of unbranched alkanes of at least 4 members (excludes halogenated alkanes) is 15. The summed E-state index contributed by atoms with van der Waals surface area (Å²) in [6.45, 7) is 2.12. The molecule has 0 aromatic heterocycles. The van der Waals surface area contributed by atoms with Crippen LogP contribution in [0.4, 0.5) is 0 Å². The average molecular weight is 733 g/mol. The lowest BCUT2D eigenvalue weighted by Gasteiger charge is -2.22. The maximum absolute atomic E-state index is 13.5. The highest BCUT2D eigenvalue weighted by molar-refractivity contribution is 5.91. The Morgan fingerprint density at radius 1 is 0.623 bits per heavy atom. The number of hydrogen-bond acceptors (Lipinski definition) is 7. The lowest BCUT2D eigenvalue weighted by Crippen LogP contribution is -2.53. The molecular formula is C44H64N2O7. The second kappa shape index (κ2) is 30.3. The van der Waals surface area contributed by atoms with E-state index in [1.807, 2.05) is 60.7 Å². The van der Waals surface area contributed by atoms with Crippen LogP contribution >= 0.6 is 0 Å². The number of esters is 2. The summed E-state index contributed by atoms with van der Waals surface area (Å²) < 4.78 is 16.3. The van der Waals surface area contributed by atoms with Crippen molar-refractivity contribution in [3.8, 4) is 12.3 Å². The van der Waals surface area contributed by atoms with Crippen LogP contribution in [0.1, 0.15) is 140 Å². The lowest BCUT2D eigenvalue weighted by atomic mass is 10.0. The van der Waals surface area contributed by atoms with Crippen LogP contribution in [-0.4, -0.2) is 49.1 Å². The molecule has 2 N–H and O–H groups in total. The highest BCUT2D eigenvalue weighted by atomic mass is 16.5. The molecule has 0 fully saturated rings. The number of rotatable bonds is 31. The van der Waals surface area contributed by atoms with Crippen molar-refractivity contribution in [3.63, 3.8) is 0 Å². The van der Waals surface area contributed by atoms with Crippen LogP contribution in [0.2, 0.25) is 0 Å². The molecule has 0 aliphatic carbocycles. The van der Waals surface area contributed by atoms with E-state index in [0.29, 0.717) is 6.42 Å². The van der Waals surface area contributed by atoms with Gasteiger partial charge in [-0.25, -0.2) is 4.79 Å². The zero-order valence-corrected chi connectivity index (χ0v) is 32.1. The van der Waals surface area contributed by atoms with E-state index < -0.39 is 29.9 Å². The number of terminal acetylenes is 1. The molecule has 0 bridgehead atoms. The first-order valence-corrected chi connectivity index (χ1v) is 19.9. The Bertz CT molecular complexity index is 1310. The summed E-state index contributed by atoms with van der Waals surface area (Å²) in [5.74, 6) is 0.204. The Morgan fingerprint density at radius 2 is 1.11 bits per heavy atom. The molecule has 0 heterocycles. The summed E-state index contributed by atoms with van der Waals surface area (Å²) in [7, 11) is 0. The molecule has 0 saturated carbocycles. The average Bonchev–Trinajstić information content (AvgIpc) is 3.17. The standard InChI is InChI=1S/C44H64N2O7/c1-3-5-6-7-8-9-10-11-12-13-14-15-16-17-18-25-30-41(47)45-40(36-51-33-4-2)43(49)46-39(44(50)53-35-38-28-23-20-24-29-38)31-32-42(48)52-34-37-26-21-19-22-27-37/h2,19-24,26-29,39-40H,3,5-18,25,30-36H2,1H3,(H,45,47)(H,46,49)/t39-,40+/m1/s1. The minimum Gasteiger partial charge on any atom is -0.461 e. The van der Waals surface area contributed by atoms with Gasteiger partial charge in [-0.2, -0.15) is 0 Å². The van der Waals surface area contributed by atoms with Crippen molar-refractivity contribution >= 4 is 23.8 Å². The Kier molecular flexibility index (Phi) is 25.7. The second-order valence-corrected chi connectivity index (χ2v) is 13.7. The Balaban J connectivity index is 1.78. The van der Waals surface area contributed by atoms with Gasteiger partial charge >= 0.3 is 11.9 Å². The SMILES string of the molecule is C#CCOC[C@H](NC(=O)CCCCCCCCCCCCCCCCCC)C(=O)N[C@H](CCC(=O)OCc1ccccc1)C(=O)OCc1ccccc1. The van der Waals surface area contributed by atoms with Gasteiger partial charge in [-0.05, 0) is 24.0 Å². The van der Waals surface area contributed by atoms with Crippen LogP contribution in [0.15, 0.2) is 60.7 Å². The highest BCUT2D eigenvalue weighted by Crippen LogP contribution is 2.14. The number of amides is 2. The molecule has 292 valence electrons. The van der Waals surface area contributed by atoms with E-state index in [1.165, 1.54) is 77.0 Å². The van der Waals surface area contributed by atoms with Crippen LogP contribution < -0.4 is 10.6 Å². The molecule has 9 nitrogen and oxygen atoms in total. The molecule has 2 aromatic carbocycles. The number of carbonyl (C=O) groups is 4. The number of ether oxygens (including phenoxy) is 3. The zero-order valence-electron chi connectivity index (χ0n) is 32.1. The zero-order chi connectivity index (χ0) is 38.2. The van der Waals surface area contributed by atoms with E-state index in [2.05, 4.69) is 23.5 Å². The van der Waals surface area contributed by atoms with Gasteiger partial charge in [0.05, 0.1) is 6.61 Å². The van der Waals surface area contributed by atoms with E-state index in [-0.39, 0.29) is 51.6 Å². The van der Waals surface area contributed by atoms with Crippen molar-refractivity contribution in [2.24, 2.45) is 0 Å². The first kappa shape index (κ1) is 45.0. The second-order valence-electron chi connectivity index (χ2n) is 13.7. The van der Waals surface area contributed by atoms with Gasteiger partial charge in [-0.3, -0.25) is 14.4 Å². The summed E-state index contributed by atoms with van der Waals surface area (Å²) in [6.07, 6.45) is 25.3. The Hall–Kier alpha value is -4.16. The monoisotopic (exact) mass is 732 g/mol. The molecule has 2 amide bonds. The molecule has 0 radical (unpaired) electrons. The predicted molar refractivity (Wildman–Crippen MR) is 209 cm³/mol. The van der Waals surface area contributed by atoms with Gasteiger partial charge in [-0.1, -0.05) is 170 Å². The van der Waals surface area contributed by atoms with E-state index in [9.17, 15) is 19.2 Å². The number of hydrogen-bond donors (Lipinski definition) is 2. The van der Waals surface area contributed by atoms with Gasteiger partial charge in [0, 0.05) is 12.8 Å². The fourth-order valence-corrected chi connectivity index (χ4v) is 5.94. The number of carbonyl (C=O) groups excluding carboxylic acids is 4. The molecule has 0 unspecified atom stereocenters. The summed E-state index contributed by atoms with van der Waals surface area (Å²) in [4.78, 5) is 52.1. The van der Waals surface area contributed by atoms with Crippen molar-refractivity contribution < 1.29 is 33.4 Å². The van der Waals surface area contributed by atoms with Crippen LogP contribution in [-0.2, 0) is 46.6 Å². The summed E-state index contributed by atoms with van der Waals surface area (Å²) in [5, 5.41) is 5.42. The van der Waals surface area contributed by atoms with Crippen molar-refractivity contribution in [3.05, 3.63) is 71.8 Å². The van der Waals surface area contributed by atoms with Gasteiger partial charge < -0.3 is 24.8 Å². The fourth-order valence-electron chi connectivity index (χ4n) is 5.94. The minimum atomic E-state index is -1.16. The third-order valence-electron chi connectivity index (χ3n) is 9.08. The number of nitrogens with one attached hydrogen (secondary N) is 2. The van der Waals surface area contributed by atoms with Gasteiger partial charge in [0.1, 0.15) is 31.9 Å². The molecule has 0 aliphatic heterocycles. The van der Waals surface area contributed by atoms with E-state index in [1.54, 1.807) is 0 Å². The molecule has 0 spiro atoms. The predicted octanol–water partition coefficient (Wildman–Crippen LogP) is 8.52. The maximum Gasteiger partial charge on any atom is 0.328 e. The van der Waals surface area contributed by atoms with Crippen molar-refractivity contribution in [2.45, 2.75) is 154 Å². The van der Waals surface area contributed by atoms with Crippen molar-refractivity contribution in [2.75, 3.05) is 13.2 Å². The smallest absolute Gasteiger partial charge is 0.328 e. The van der Waals surface area contributed by atoms with Crippen LogP contribution in [0.25, 0.3) is 0 Å². The van der Waals surface area contributed by atoms with Gasteiger partial charge in [0.25, 0.3) is 0 Å². The van der Waals surface area contributed by atoms with Gasteiger partial charge in [0.2, 0.25) is 11.8 Å². The first-order chi connectivity index (χ1) is 25.9. The topological polar surface area (TPSA) is 120 Å². The highest BCUT2D eigenvalue weighted by Gasteiger charge is 2.29. The van der Waals surface area contributed by atoms with E-state index in [0.717, 1.165) is 30.4 Å². The third-order valence-corrected chi connectivity index (χ3v) is 9.08. The van der Waals surface area contributed by atoms with Gasteiger partial charge in [-0.15, -0.1) is 6.42 Å². The molecule has 2 rings (SSSR count). The maximum atomic E-state index is 13.5. The quantitative estimate of drug-likeness (QED) is 0.0453. The molecule has 0 saturated heterocycles. The summed E-state index contributed by atoms with van der Waals surface area (Å²) >= 11 is 0. The Morgan fingerprint density at radius 3 is 1.62 bits per heavy atom. The molecule has 2 atom stereocenters. The van der Waals surface area contributed by atoms with Crippen molar-refractivity contribution in [1.29, 1.82) is 0 Å².